The quantitative estimate of drug-likeness (QED) is 0.437. The summed E-state index contributed by atoms with van der Waals surface area (Å²) in [6, 6.07) is 12.4. The summed E-state index contributed by atoms with van der Waals surface area (Å²) in [6.45, 7) is 2.28. The molecule has 1 saturated heterocycles. The van der Waals surface area contributed by atoms with E-state index in [9.17, 15) is 27.6 Å². The van der Waals surface area contributed by atoms with Crippen LogP contribution in [0.3, 0.4) is 0 Å². The molecule has 2 aromatic carbocycles. The van der Waals surface area contributed by atoms with Crippen LogP contribution in [0.5, 0.6) is 5.75 Å². The average molecular weight is 547 g/mol. The third kappa shape index (κ3) is 7.36. The Labute approximate surface area is 225 Å². The molecule has 39 heavy (non-hydrogen) atoms. The highest BCUT2D eigenvalue weighted by Gasteiger charge is 2.37. The highest BCUT2D eigenvalue weighted by molar-refractivity contribution is 6.01. The molecule has 0 spiro atoms. The molecule has 0 bridgehead atoms. The van der Waals surface area contributed by atoms with E-state index in [-0.39, 0.29) is 37.8 Å². The van der Waals surface area contributed by atoms with Crippen molar-refractivity contribution < 1.29 is 32.3 Å². The SMILES string of the molecule is CNC(=O)C(CCC=O)N1Cc2c(OCc3ccc(CN4CCN(CC(F)(F)F)CC4)cc3)cccc2C1=O. The molecule has 2 heterocycles. The maximum absolute atomic E-state index is 13.1. The average Bonchev–Trinajstić information content (AvgIpc) is 3.25. The van der Waals surface area contributed by atoms with Crippen molar-refractivity contribution in [3.63, 3.8) is 0 Å². The third-order valence-electron chi connectivity index (χ3n) is 7.13. The third-order valence-corrected chi connectivity index (χ3v) is 7.13. The van der Waals surface area contributed by atoms with E-state index in [1.807, 2.05) is 24.3 Å². The van der Waals surface area contributed by atoms with Crippen molar-refractivity contribution in [3.05, 3.63) is 64.7 Å². The number of carbonyl (C=O) groups is 3. The Balaban J connectivity index is 1.33. The number of aldehydes is 1. The van der Waals surface area contributed by atoms with Crippen LogP contribution in [0.15, 0.2) is 42.5 Å². The summed E-state index contributed by atoms with van der Waals surface area (Å²) in [4.78, 5) is 41.5. The first-order valence-electron chi connectivity index (χ1n) is 13.0. The Morgan fingerprint density at radius 1 is 1.05 bits per heavy atom. The van der Waals surface area contributed by atoms with Gasteiger partial charge in [-0.3, -0.25) is 19.4 Å². The van der Waals surface area contributed by atoms with Crippen LogP contribution < -0.4 is 10.1 Å². The minimum atomic E-state index is -4.17. The number of carbonyl (C=O) groups excluding carboxylic acids is 3. The molecule has 11 heteroatoms. The van der Waals surface area contributed by atoms with Gasteiger partial charge in [0.1, 0.15) is 24.7 Å². The molecule has 1 N–H and O–H groups in total. The van der Waals surface area contributed by atoms with Gasteiger partial charge in [0.2, 0.25) is 5.91 Å². The summed E-state index contributed by atoms with van der Waals surface area (Å²) in [5, 5.41) is 2.57. The number of piperazine rings is 1. The lowest BCUT2D eigenvalue weighted by atomic mass is 10.1. The highest BCUT2D eigenvalue weighted by Crippen LogP contribution is 2.33. The van der Waals surface area contributed by atoms with Crippen molar-refractivity contribution >= 4 is 18.1 Å². The van der Waals surface area contributed by atoms with Crippen molar-refractivity contribution in [2.24, 2.45) is 0 Å². The fraction of sp³-hybridized carbons (Fsp3) is 0.464. The fourth-order valence-corrected chi connectivity index (χ4v) is 5.05. The normalized spacial score (nSPS) is 17.1. The number of ether oxygens (including phenoxy) is 1. The second-order valence-corrected chi connectivity index (χ2v) is 9.86. The topological polar surface area (TPSA) is 82.2 Å². The lowest BCUT2D eigenvalue weighted by molar-refractivity contribution is -0.149. The zero-order valence-corrected chi connectivity index (χ0v) is 21.9. The Morgan fingerprint density at radius 2 is 1.72 bits per heavy atom. The molecule has 1 fully saturated rings. The van der Waals surface area contributed by atoms with Crippen molar-refractivity contribution in [1.29, 1.82) is 0 Å². The van der Waals surface area contributed by atoms with E-state index in [1.54, 1.807) is 18.2 Å². The second-order valence-electron chi connectivity index (χ2n) is 9.86. The monoisotopic (exact) mass is 546 g/mol. The van der Waals surface area contributed by atoms with Crippen LogP contribution in [0.25, 0.3) is 0 Å². The number of halogens is 3. The number of amides is 2. The van der Waals surface area contributed by atoms with Crippen molar-refractivity contribution in [2.75, 3.05) is 39.8 Å². The largest absolute Gasteiger partial charge is 0.489 e. The van der Waals surface area contributed by atoms with E-state index < -0.39 is 18.8 Å². The molecule has 1 atom stereocenters. The summed E-state index contributed by atoms with van der Waals surface area (Å²) in [6.07, 6.45) is -3.01. The van der Waals surface area contributed by atoms with Crippen LogP contribution in [0.4, 0.5) is 13.2 Å². The number of hydrogen-bond donors (Lipinski definition) is 1. The predicted octanol–water partition coefficient (Wildman–Crippen LogP) is 3.00. The Kier molecular flexibility index (Phi) is 9.24. The van der Waals surface area contributed by atoms with Crippen LogP contribution in [0, 0.1) is 0 Å². The van der Waals surface area contributed by atoms with E-state index >= 15 is 0 Å². The zero-order chi connectivity index (χ0) is 28.0. The van der Waals surface area contributed by atoms with Gasteiger partial charge in [-0.2, -0.15) is 13.2 Å². The molecule has 2 aliphatic heterocycles. The number of rotatable bonds is 11. The maximum atomic E-state index is 13.1. The highest BCUT2D eigenvalue weighted by atomic mass is 19.4. The minimum absolute atomic E-state index is 0.172. The number of benzene rings is 2. The summed E-state index contributed by atoms with van der Waals surface area (Å²) in [5.74, 6) is -0.0162. The van der Waals surface area contributed by atoms with Gasteiger partial charge in [0, 0.05) is 57.3 Å². The summed E-state index contributed by atoms with van der Waals surface area (Å²) in [5.41, 5.74) is 3.20. The molecule has 0 aliphatic carbocycles. The number of fused-ring (bicyclic) bond motifs is 1. The molecule has 210 valence electrons. The summed E-state index contributed by atoms with van der Waals surface area (Å²) < 4.78 is 43.9. The first kappa shape index (κ1) is 28.6. The first-order chi connectivity index (χ1) is 18.7. The van der Waals surface area contributed by atoms with Gasteiger partial charge in [-0.05, 0) is 29.7 Å². The van der Waals surface area contributed by atoms with Gasteiger partial charge in [0.05, 0.1) is 13.1 Å². The van der Waals surface area contributed by atoms with E-state index in [0.29, 0.717) is 49.6 Å². The van der Waals surface area contributed by atoms with Gasteiger partial charge in [-0.15, -0.1) is 0 Å². The van der Waals surface area contributed by atoms with Crippen LogP contribution >= 0.6 is 0 Å². The minimum Gasteiger partial charge on any atom is -0.489 e. The molecule has 0 radical (unpaired) electrons. The number of nitrogens with zero attached hydrogens (tertiary/aromatic N) is 3. The van der Waals surface area contributed by atoms with E-state index in [4.69, 9.17) is 4.74 Å². The van der Waals surface area contributed by atoms with Gasteiger partial charge in [0.15, 0.2) is 0 Å². The smallest absolute Gasteiger partial charge is 0.401 e. The van der Waals surface area contributed by atoms with Crippen molar-refractivity contribution in [3.8, 4) is 5.75 Å². The van der Waals surface area contributed by atoms with Gasteiger partial charge in [-0.25, -0.2) is 0 Å². The van der Waals surface area contributed by atoms with Crippen LogP contribution in [-0.4, -0.2) is 84.8 Å². The second kappa shape index (κ2) is 12.6. The molecular formula is C28H33F3N4O4. The first-order valence-corrected chi connectivity index (χ1v) is 13.0. The Hall–Kier alpha value is -3.44. The maximum Gasteiger partial charge on any atom is 0.401 e. The molecule has 2 aliphatic rings. The predicted molar refractivity (Wildman–Crippen MR) is 138 cm³/mol. The lowest BCUT2D eigenvalue weighted by Crippen LogP contribution is -2.48. The molecule has 4 rings (SSSR count). The standard InChI is InChI=1S/C28H33F3N4O4/c1-32-26(37)24(5-3-15-36)35-17-23-22(27(35)38)4-2-6-25(23)39-18-21-9-7-20(8-10-21)16-33-11-13-34(14-12-33)19-28(29,30)31/h2,4,6-10,15,24H,3,5,11-14,16-19H2,1H3,(H,32,37). The number of nitrogens with one attached hydrogen (secondary N) is 1. The molecule has 8 nitrogen and oxygen atoms in total. The van der Waals surface area contributed by atoms with Crippen LogP contribution in [0.2, 0.25) is 0 Å². The fourth-order valence-electron chi connectivity index (χ4n) is 5.05. The Morgan fingerprint density at radius 3 is 2.36 bits per heavy atom. The molecular weight excluding hydrogens is 513 g/mol. The van der Waals surface area contributed by atoms with Gasteiger partial charge >= 0.3 is 6.18 Å². The van der Waals surface area contributed by atoms with Crippen LogP contribution in [-0.2, 0) is 29.3 Å². The van der Waals surface area contributed by atoms with Crippen molar-refractivity contribution in [2.45, 2.75) is 44.8 Å². The molecule has 0 saturated carbocycles. The lowest BCUT2D eigenvalue weighted by Gasteiger charge is -2.35. The number of alkyl halides is 3. The Bertz CT molecular complexity index is 1160. The molecule has 1 unspecified atom stereocenters. The summed E-state index contributed by atoms with van der Waals surface area (Å²) in [7, 11) is 1.50. The number of hydrogen-bond acceptors (Lipinski definition) is 6. The molecule has 0 aromatic heterocycles. The van der Waals surface area contributed by atoms with Gasteiger partial charge < -0.3 is 19.7 Å². The van der Waals surface area contributed by atoms with Crippen molar-refractivity contribution in [1.82, 2.24) is 20.0 Å². The summed E-state index contributed by atoms with van der Waals surface area (Å²) >= 11 is 0. The molecule has 2 amide bonds. The van der Waals surface area contributed by atoms with Gasteiger partial charge in [0.25, 0.3) is 5.91 Å². The van der Waals surface area contributed by atoms with Crippen LogP contribution in [0.1, 0.15) is 39.9 Å². The zero-order valence-electron chi connectivity index (χ0n) is 21.9. The van der Waals surface area contributed by atoms with E-state index in [0.717, 1.165) is 17.4 Å². The van der Waals surface area contributed by atoms with Gasteiger partial charge in [-0.1, -0.05) is 30.3 Å². The van der Waals surface area contributed by atoms with E-state index in [1.165, 1.54) is 16.8 Å². The molecule has 2 aromatic rings. The number of likely N-dealkylation sites (N-methyl/N-ethyl adjacent to an activating group) is 1. The van der Waals surface area contributed by atoms with E-state index in [2.05, 4.69) is 10.2 Å².